The molecule has 0 saturated carbocycles. The van der Waals surface area contributed by atoms with Gasteiger partial charge in [-0.2, -0.15) is 18.4 Å². The van der Waals surface area contributed by atoms with Gasteiger partial charge in [0.05, 0.1) is 12.0 Å². The molecular weight excluding hydrogens is 403 g/mol. The summed E-state index contributed by atoms with van der Waals surface area (Å²) < 4.78 is 37.3. The summed E-state index contributed by atoms with van der Waals surface area (Å²) in [4.78, 5) is 13.4. The summed E-state index contributed by atoms with van der Waals surface area (Å²) in [6.07, 6.45) is -2.03. The Morgan fingerprint density at radius 2 is 1.97 bits per heavy atom. The Labute approximate surface area is 167 Å². The molecule has 10 heteroatoms. The standard InChI is InChI=1S/C18H13N3O2.C2HF3O2/c19-9-14-16(15-2-1-7-23-15)13-5-3-10-8-11(22)4-6-12(10)17(13)21-18(14)20;3-2(4,5)1(6)7/h1-2,4,6-8,22H,3,5H2,(H2,20,21);(H,6,7). The van der Waals surface area contributed by atoms with Gasteiger partial charge in [-0.1, -0.05) is 0 Å². The molecule has 4 rings (SSSR count). The highest BCUT2D eigenvalue weighted by Gasteiger charge is 2.38. The number of aromatic nitrogens is 1. The van der Waals surface area contributed by atoms with Crippen molar-refractivity contribution >= 4 is 11.8 Å². The number of benzene rings is 1. The molecule has 1 aliphatic rings. The Kier molecular flexibility index (Phi) is 5.38. The van der Waals surface area contributed by atoms with Crippen molar-refractivity contribution in [1.82, 2.24) is 4.98 Å². The fraction of sp³-hybridized carbons (Fsp3) is 0.150. The molecule has 2 heterocycles. The van der Waals surface area contributed by atoms with Crippen LogP contribution in [-0.2, 0) is 17.6 Å². The lowest BCUT2D eigenvalue weighted by molar-refractivity contribution is -0.192. The Hall–Kier alpha value is -4.00. The van der Waals surface area contributed by atoms with Crippen molar-refractivity contribution in [1.29, 1.82) is 5.26 Å². The molecule has 30 heavy (non-hydrogen) atoms. The highest BCUT2D eigenvalue weighted by atomic mass is 19.4. The number of nitrogen functional groups attached to an aromatic ring is 1. The topological polar surface area (TPSA) is 133 Å². The average Bonchev–Trinajstić information content (AvgIpc) is 3.20. The number of rotatable bonds is 1. The van der Waals surface area contributed by atoms with E-state index in [4.69, 9.17) is 20.1 Å². The van der Waals surface area contributed by atoms with E-state index >= 15 is 0 Å². The number of phenolic OH excluding ortho intramolecular Hbond substituents is 1. The number of fused-ring (bicyclic) bond motifs is 3. The molecule has 0 bridgehead atoms. The first-order chi connectivity index (χ1) is 14.1. The van der Waals surface area contributed by atoms with Crippen molar-refractivity contribution in [2.75, 3.05) is 5.73 Å². The number of carbonyl (C=O) groups is 1. The van der Waals surface area contributed by atoms with Crippen LogP contribution in [0.5, 0.6) is 5.75 Å². The number of aryl methyl sites for hydroxylation is 1. The molecule has 0 aliphatic heterocycles. The normalized spacial score (nSPS) is 12.1. The van der Waals surface area contributed by atoms with E-state index in [9.17, 15) is 23.5 Å². The summed E-state index contributed by atoms with van der Waals surface area (Å²) in [6.45, 7) is 0. The fourth-order valence-electron chi connectivity index (χ4n) is 3.19. The Balaban J connectivity index is 0.000000318. The predicted molar refractivity (Wildman–Crippen MR) is 99.3 cm³/mol. The van der Waals surface area contributed by atoms with Crippen LogP contribution in [0.2, 0.25) is 0 Å². The number of carboxylic acids is 1. The van der Waals surface area contributed by atoms with Gasteiger partial charge in [0.1, 0.15) is 29.0 Å². The Morgan fingerprint density at radius 1 is 1.27 bits per heavy atom. The lowest BCUT2D eigenvalue weighted by Crippen LogP contribution is -2.21. The number of nitriles is 1. The summed E-state index contributed by atoms with van der Waals surface area (Å²) >= 11 is 0. The predicted octanol–water partition coefficient (Wildman–Crippen LogP) is 3.90. The molecule has 4 N–H and O–H groups in total. The maximum absolute atomic E-state index is 10.6. The van der Waals surface area contributed by atoms with Crippen molar-refractivity contribution in [3.8, 4) is 34.4 Å². The molecule has 0 radical (unpaired) electrons. The van der Waals surface area contributed by atoms with Crippen molar-refractivity contribution < 1.29 is 32.6 Å². The zero-order chi connectivity index (χ0) is 22.1. The number of alkyl halides is 3. The highest BCUT2D eigenvalue weighted by Crippen LogP contribution is 2.41. The number of furan rings is 1. The van der Waals surface area contributed by atoms with Crippen LogP contribution < -0.4 is 5.73 Å². The number of aliphatic carboxylic acids is 1. The SMILES string of the molecule is N#Cc1c(N)nc2c(c1-c1ccco1)CCc1cc(O)ccc1-2.O=C(O)C(F)(F)F. The minimum atomic E-state index is -5.08. The molecule has 0 unspecified atom stereocenters. The molecule has 0 spiro atoms. The number of aromatic hydroxyl groups is 1. The molecule has 0 atom stereocenters. The van der Waals surface area contributed by atoms with E-state index in [1.807, 2.05) is 12.1 Å². The van der Waals surface area contributed by atoms with Crippen LogP contribution in [0.15, 0.2) is 41.0 Å². The quantitative estimate of drug-likeness (QED) is 0.547. The molecule has 0 amide bonds. The smallest absolute Gasteiger partial charge is 0.490 e. The number of anilines is 1. The first-order valence-electron chi connectivity index (χ1n) is 8.52. The third-order valence-electron chi connectivity index (χ3n) is 4.44. The molecule has 2 aromatic heterocycles. The number of pyridine rings is 1. The minimum Gasteiger partial charge on any atom is -0.508 e. The van der Waals surface area contributed by atoms with E-state index in [0.717, 1.165) is 34.4 Å². The molecule has 0 saturated heterocycles. The highest BCUT2D eigenvalue weighted by molar-refractivity contribution is 5.84. The molecular formula is C20H14F3N3O4. The lowest BCUT2D eigenvalue weighted by atomic mass is 9.84. The number of nitrogens with two attached hydrogens (primary N) is 1. The molecule has 1 aliphatic carbocycles. The van der Waals surface area contributed by atoms with Crippen molar-refractivity contribution in [2.24, 2.45) is 0 Å². The van der Waals surface area contributed by atoms with E-state index in [-0.39, 0.29) is 11.6 Å². The zero-order valence-electron chi connectivity index (χ0n) is 15.2. The Bertz CT molecular complexity index is 1150. The molecule has 7 nitrogen and oxygen atoms in total. The first kappa shape index (κ1) is 20.7. The van der Waals surface area contributed by atoms with Crippen molar-refractivity contribution in [2.45, 2.75) is 19.0 Å². The van der Waals surface area contributed by atoms with Crippen LogP contribution in [0.3, 0.4) is 0 Å². The van der Waals surface area contributed by atoms with Crippen molar-refractivity contribution in [3.05, 3.63) is 53.3 Å². The first-order valence-corrected chi connectivity index (χ1v) is 8.52. The van der Waals surface area contributed by atoms with Crippen LogP contribution in [0.1, 0.15) is 16.7 Å². The fourth-order valence-corrected chi connectivity index (χ4v) is 3.19. The van der Waals surface area contributed by atoms with Gasteiger partial charge in [-0.25, -0.2) is 9.78 Å². The summed E-state index contributed by atoms with van der Waals surface area (Å²) in [5, 5.41) is 26.3. The second kappa shape index (κ2) is 7.79. The second-order valence-electron chi connectivity index (χ2n) is 6.31. The van der Waals surface area contributed by atoms with Gasteiger partial charge < -0.3 is 20.4 Å². The summed E-state index contributed by atoms with van der Waals surface area (Å²) in [5.41, 5.74) is 10.8. The van der Waals surface area contributed by atoms with E-state index in [1.165, 1.54) is 0 Å². The third-order valence-corrected chi connectivity index (χ3v) is 4.44. The van der Waals surface area contributed by atoms with Gasteiger partial charge in [0, 0.05) is 11.1 Å². The second-order valence-corrected chi connectivity index (χ2v) is 6.31. The van der Waals surface area contributed by atoms with Crippen LogP contribution in [-0.4, -0.2) is 27.3 Å². The largest absolute Gasteiger partial charge is 0.508 e. The number of halogens is 3. The van der Waals surface area contributed by atoms with Gasteiger partial charge in [-0.3, -0.25) is 0 Å². The van der Waals surface area contributed by atoms with Crippen LogP contribution in [0.25, 0.3) is 22.6 Å². The minimum absolute atomic E-state index is 0.193. The van der Waals surface area contributed by atoms with Crippen LogP contribution in [0.4, 0.5) is 19.0 Å². The van der Waals surface area contributed by atoms with E-state index in [1.54, 1.807) is 24.5 Å². The molecule has 0 fully saturated rings. The third kappa shape index (κ3) is 3.91. The average molecular weight is 417 g/mol. The van der Waals surface area contributed by atoms with Crippen molar-refractivity contribution in [3.63, 3.8) is 0 Å². The number of nitrogens with zero attached hydrogens (tertiary/aromatic N) is 2. The number of hydrogen-bond donors (Lipinski definition) is 3. The lowest BCUT2D eigenvalue weighted by Gasteiger charge is -2.22. The maximum atomic E-state index is 10.6. The number of phenols is 1. The van der Waals surface area contributed by atoms with Gasteiger partial charge in [-0.05, 0) is 54.3 Å². The van der Waals surface area contributed by atoms with Gasteiger partial charge in [0.2, 0.25) is 0 Å². The van der Waals surface area contributed by atoms with Crippen LogP contribution >= 0.6 is 0 Å². The summed E-state index contributed by atoms with van der Waals surface area (Å²) in [5.74, 6) is -1.71. The van der Waals surface area contributed by atoms with E-state index < -0.39 is 12.1 Å². The molecule has 154 valence electrons. The summed E-state index contributed by atoms with van der Waals surface area (Å²) in [6, 6.07) is 11.0. The van der Waals surface area contributed by atoms with E-state index in [2.05, 4.69) is 11.1 Å². The monoisotopic (exact) mass is 417 g/mol. The Morgan fingerprint density at radius 3 is 2.53 bits per heavy atom. The molecule has 1 aromatic carbocycles. The van der Waals surface area contributed by atoms with Gasteiger partial charge >= 0.3 is 12.1 Å². The van der Waals surface area contributed by atoms with Gasteiger partial charge in [0.25, 0.3) is 0 Å². The van der Waals surface area contributed by atoms with Gasteiger partial charge in [-0.15, -0.1) is 0 Å². The van der Waals surface area contributed by atoms with E-state index in [0.29, 0.717) is 17.7 Å². The number of hydrogen-bond acceptors (Lipinski definition) is 6. The number of carboxylic acid groups (broad SMARTS) is 1. The molecule has 3 aromatic rings. The van der Waals surface area contributed by atoms with Gasteiger partial charge in [0.15, 0.2) is 0 Å². The zero-order valence-corrected chi connectivity index (χ0v) is 15.2. The maximum Gasteiger partial charge on any atom is 0.490 e. The van der Waals surface area contributed by atoms with Crippen LogP contribution in [0, 0.1) is 11.3 Å². The summed E-state index contributed by atoms with van der Waals surface area (Å²) in [7, 11) is 0.